The third kappa shape index (κ3) is 5.13. The second-order valence-corrected chi connectivity index (χ2v) is 7.36. The lowest BCUT2D eigenvalue weighted by Crippen LogP contribution is -2.34. The standard InChI is InChI=1S/C27H25NO5/c1-30-26(29)20-24-19-25(28-33-24)31-17-18-32-27(21-11-5-2-6-12-21,22-13-7-3-8-14-22)23-15-9-4-10-16-23/h2-16,19H,17-18,20H2,1H3. The number of carbonyl (C=O) groups is 1. The van der Waals surface area contributed by atoms with Crippen LogP contribution < -0.4 is 4.74 Å². The molecule has 0 radical (unpaired) electrons. The van der Waals surface area contributed by atoms with Crippen LogP contribution in [0.4, 0.5) is 0 Å². The van der Waals surface area contributed by atoms with Gasteiger partial charge in [-0.15, -0.1) is 0 Å². The third-order valence-corrected chi connectivity index (χ3v) is 5.28. The lowest BCUT2D eigenvalue weighted by Gasteiger charge is -2.35. The maximum atomic E-state index is 11.4. The van der Waals surface area contributed by atoms with Gasteiger partial charge in [0.15, 0.2) is 5.76 Å². The molecule has 0 saturated carbocycles. The highest BCUT2D eigenvalue weighted by atomic mass is 16.6. The van der Waals surface area contributed by atoms with Gasteiger partial charge in [0, 0.05) is 6.07 Å². The Balaban J connectivity index is 1.57. The largest absolute Gasteiger partial charge is 0.473 e. The van der Waals surface area contributed by atoms with Crippen LogP contribution in [0.2, 0.25) is 0 Å². The molecule has 6 heteroatoms. The van der Waals surface area contributed by atoms with Crippen molar-refractivity contribution in [3.8, 4) is 5.88 Å². The van der Waals surface area contributed by atoms with Crippen molar-refractivity contribution < 1.29 is 23.5 Å². The number of esters is 1. The first kappa shape index (κ1) is 22.3. The summed E-state index contributed by atoms with van der Waals surface area (Å²) < 4.78 is 22.1. The fraction of sp³-hybridized carbons (Fsp3) is 0.185. The summed E-state index contributed by atoms with van der Waals surface area (Å²) in [5.74, 6) is 0.270. The number of nitrogens with zero attached hydrogens (tertiary/aromatic N) is 1. The van der Waals surface area contributed by atoms with E-state index in [0.717, 1.165) is 16.7 Å². The van der Waals surface area contributed by atoms with Gasteiger partial charge in [-0.25, -0.2) is 0 Å². The molecule has 168 valence electrons. The highest BCUT2D eigenvalue weighted by Crippen LogP contribution is 2.40. The Hall–Kier alpha value is -3.90. The second-order valence-electron chi connectivity index (χ2n) is 7.36. The van der Waals surface area contributed by atoms with Crippen LogP contribution >= 0.6 is 0 Å². The van der Waals surface area contributed by atoms with Crippen molar-refractivity contribution in [3.05, 3.63) is 120 Å². The fourth-order valence-electron chi connectivity index (χ4n) is 3.77. The summed E-state index contributed by atoms with van der Waals surface area (Å²) in [6.45, 7) is 0.538. The monoisotopic (exact) mass is 443 g/mol. The highest BCUT2D eigenvalue weighted by molar-refractivity contribution is 5.71. The zero-order valence-electron chi connectivity index (χ0n) is 18.3. The zero-order valence-corrected chi connectivity index (χ0v) is 18.3. The van der Waals surface area contributed by atoms with Gasteiger partial charge in [0.1, 0.15) is 18.6 Å². The van der Waals surface area contributed by atoms with Crippen molar-refractivity contribution in [2.24, 2.45) is 0 Å². The molecule has 0 aliphatic heterocycles. The number of hydrogen-bond donors (Lipinski definition) is 0. The molecule has 0 aliphatic rings. The molecular weight excluding hydrogens is 418 g/mol. The van der Waals surface area contributed by atoms with Crippen molar-refractivity contribution in [2.75, 3.05) is 20.3 Å². The molecule has 0 unspecified atom stereocenters. The molecule has 0 aliphatic carbocycles. The van der Waals surface area contributed by atoms with Gasteiger partial charge in [-0.05, 0) is 21.8 Å². The summed E-state index contributed by atoms with van der Waals surface area (Å²) in [6, 6.07) is 32.0. The summed E-state index contributed by atoms with van der Waals surface area (Å²) in [4.78, 5) is 11.4. The van der Waals surface area contributed by atoms with Gasteiger partial charge in [-0.3, -0.25) is 4.79 Å². The first-order valence-corrected chi connectivity index (χ1v) is 10.7. The molecule has 0 saturated heterocycles. The Kier molecular flexibility index (Phi) is 7.17. The maximum absolute atomic E-state index is 11.4. The molecule has 0 fully saturated rings. The Morgan fingerprint density at radius 3 is 1.82 bits per heavy atom. The van der Waals surface area contributed by atoms with Crippen LogP contribution in [0.1, 0.15) is 22.5 Å². The molecule has 0 bridgehead atoms. The van der Waals surface area contributed by atoms with E-state index in [1.165, 1.54) is 7.11 Å². The number of carbonyl (C=O) groups excluding carboxylic acids is 1. The quantitative estimate of drug-likeness (QED) is 0.200. The van der Waals surface area contributed by atoms with E-state index in [9.17, 15) is 4.79 Å². The number of rotatable bonds is 10. The summed E-state index contributed by atoms with van der Waals surface area (Å²) in [5, 5.41) is 3.85. The van der Waals surface area contributed by atoms with Gasteiger partial charge in [0.25, 0.3) is 5.88 Å². The van der Waals surface area contributed by atoms with Gasteiger partial charge in [-0.1, -0.05) is 91.0 Å². The Morgan fingerprint density at radius 1 is 0.818 bits per heavy atom. The number of benzene rings is 3. The predicted molar refractivity (Wildman–Crippen MR) is 123 cm³/mol. The van der Waals surface area contributed by atoms with E-state index in [1.807, 2.05) is 54.6 Å². The molecular formula is C27H25NO5. The first-order chi connectivity index (χ1) is 16.2. The highest BCUT2D eigenvalue weighted by Gasteiger charge is 2.37. The number of ether oxygens (including phenoxy) is 3. The van der Waals surface area contributed by atoms with Crippen LogP contribution in [0, 0.1) is 0 Å². The van der Waals surface area contributed by atoms with Crippen molar-refractivity contribution >= 4 is 5.97 Å². The minimum absolute atomic E-state index is 0.00247. The van der Waals surface area contributed by atoms with Crippen LogP contribution in [-0.2, 0) is 26.3 Å². The molecule has 1 heterocycles. The summed E-state index contributed by atoms with van der Waals surface area (Å²) in [5.41, 5.74) is 2.24. The van der Waals surface area contributed by atoms with Crippen LogP contribution in [-0.4, -0.2) is 31.4 Å². The zero-order chi connectivity index (χ0) is 22.9. The molecule has 3 aromatic carbocycles. The minimum atomic E-state index is -0.812. The molecule has 0 spiro atoms. The average molecular weight is 443 g/mol. The van der Waals surface area contributed by atoms with E-state index in [-0.39, 0.29) is 19.6 Å². The number of hydrogen-bond acceptors (Lipinski definition) is 6. The van der Waals surface area contributed by atoms with Gasteiger partial charge in [0.2, 0.25) is 0 Å². The lowest BCUT2D eigenvalue weighted by atomic mass is 9.80. The first-order valence-electron chi connectivity index (χ1n) is 10.7. The normalized spacial score (nSPS) is 11.2. The van der Waals surface area contributed by atoms with Gasteiger partial charge in [0.05, 0.1) is 13.7 Å². The maximum Gasteiger partial charge on any atom is 0.313 e. The summed E-state index contributed by atoms with van der Waals surface area (Å²) in [7, 11) is 1.33. The predicted octanol–water partition coefficient (Wildman–Crippen LogP) is 4.78. The smallest absolute Gasteiger partial charge is 0.313 e. The number of methoxy groups -OCH3 is 1. The van der Waals surface area contributed by atoms with Crippen molar-refractivity contribution in [1.29, 1.82) is 0 Å². The molecule has 4 rings (SSSR count). The third-order valence-electron chi connectivity index (χ3n) is 5.28. The molecule has 0 atom stereocenters. The minimum Gasteiger partial charge on any atom is -0.473 e. The van der Waals surface area contributed by atoms with E-state index >= 15 is 0 Å². The van der Waals surface area contributed by atoms with Crippen LogP contribution in [0.15, 0.2) is 102 Å². The Morgan fingerprint density at radius 2 is 1.33 bits per heavy atom. The molecule has 0 N–H and O–H groups in total. The van der Waals surface area contributed by atoms with E-state index in [2.05, 4.69) is 46.3 Å². The summed E-state index contributed by atoms with van der Waals surface area (Å²) in [6.07, 6.45) is 0.00247. The van der Waals surface area contributed by atoms with Crippen molar-refractivity contribution in [3.63, 3.8) is 0 Å². The molecule has 1 aromatic heterocycles. The van der Waals surface area contributed by atoms with E-state index in [0.29, 0.717) is 11.6 Å². The molecule has 33 heavy (non-hydrogen) atoms. The van der Waals surface area contributed by atoms with Crippen LogP contribution in [0.5, 0.6) is 5.88 Å². The van der Waals surface area contributed by atoms with E-state index in [1.54, 1.807) is 6.07 Å². The Labute approximate surface area is 192 Å². The fourth-order valence-corrected chi connectivity index (χ4v) is 3.77. The van der Waals surface area contributed by atoms with Gasteiger partial charge >= 0.3 is 5.97 Å². The molecule has 6 nitrogen and oxygen atoms in total. The average Bonchev–Trinajstić information content (AvgIpc) is 3.33. The van der Waals surface area contributed by atoms with Gasteiger partial charge < -0.3 is 18.7 Å². The van der Waals surface area contributed by atoms with Crippen molar-refractivity contribution in [2.45, 2.75) is 12.0 Å². The van der Waals surface area contributed by atoms with E-state index < -0.39 is 11.6 Å². The van der Waals surface area contributed by atoms with E-state index in [4.69, 9.17) is 14.0 Å². The summed E-state index contributed by atoms with van der Waals surface area (Å²) >= 11 is 0. The van der Waals surface area contributed by atoms with Crippen LogP contribution in [0.25, 0.3) is 0 Å². The van der Waals surface area contributed by atoms with Crippen molar-refractivity contribution in [1.82, 2.24) is 5.16 Å². The number of aromatic nitrogens is 1. The lowest BCUT2D eigenvalue weighted by molar-refractivity contribution is -0.140. The molecule has 4 aromatic rings. The second kappa shape index (κ2) is 10.6. The Bertz CT molecular complexity index is 1050. The van der Waals surface area contributed by atoms with Crippen LogP contribution in [0.3, 0.4) is 0 Å². The topological polar surface area (TPSA) is 70.8 Å². The van der Waals surface area contributed by atoms with Gasteiger partial charge in [-0.2, -0.15) is 0 Å². The molecule has 0 amide bonds. The SMILES string of the molecule is COC(=O)Cc1cc(OCCOC(c2ccccc2)(c2ccccc2)c2ccccc2)no1.